The second kappa shape index (κ2) is 9.90. The average Bonchev–Trinajstić information content (AvgIpc) is 3.64. The maximum absolute atomic E-state index is 5.32. The van der Waals surface area contributed by atoms with Crippen molar-refractivity contribution in [2.75, 3.05) is 0 Å². The minimum atomic E-state index is 0.584. The molecule has 44 heavy (non-hydrogen) atoms. The van der Waals surface area contributed by atoms with Crippen molar-refractivity contribution in [2.24, 2.45) is 0 Å². The molecule has 0 aliphatic rings. The van der Waals surface area contributed by atoms with Crippen molar-refractivity contribution in [2.45, 2.75) is 0 Å². The van der Waals surface area contributed by atoms with Gasteiger partial charge in [-0.1, -0.05) is 54.6 Å². The molecule has 0 bridgehead atoms. The first-order valence-electron chi connectivity index (χ1n) is 14.3. The average molecular weight is 583 g/mol. The van der Waals surface area contributed by atoms with Crippen LogP contribution in [-0.2, 0) is 0 Å². The van der Waals surface area contributed by atoms with Gasteiger partial charge in [-0.05, 0) is 54.6 Å². The molecule has 0 amide bonds. The number of fused-ring (bicyclic) bond motifs is 7. The Bertz CT molecular complexity index is 2430. The van der Waals surface area contributed by atoms with Crippen LogP contribution < -0.4 is 0 Å². The Kier molecular flexibility index (Phi) is 5.57. The Labute approximate surface area is 256 Å². The van der Waals surface area contributed by atoms with Gasteiger partial charge in [-0.3, -0.25) is 14.5 Å². The zero-order valence-electron chi connectivity index (χ0n) is 23.3. The molecule has 0 radical (unpaired) electrons. The maximum atomic E-state index is 5.32. The highest BCUT2D eigenvalue weighted by Crippen LogP contribution is 2.43. The van der Waals surface area contributed by atoms with E-state index in [9.17, 15) is 0 Å². The van der Waals surface area contributed by atoms with Crippen molar-refractivity contribution in [1.82, 2.24) is 29.5 Å². The van der Waals surface area contributed by atoms with E-state index in [-0.39, 0.29) is 0 Å². The van der Waals surface area contributed by atoms with Crippen molar-refractivity contribution in [1.29, 1.82) is 0 Å². The summed E-state index contributed by atoms with van der Waals surface area (Å²) < 4.78 is 4.63. The Hall–Kier alpha value is -5.79. The molecular formula is C37H22N6S. The summed E-state index contributed by atoms with van der Waals surface area (Å²) in [6.45, 7) is 0. The second-order valence-electron chi connectivity index (χ2n) is 10.6. The number of hydrogen-bond donors (Lipinski definition) is 0. The van der Waals surface area contributed by atoms with Crippen molar-refractivity contribution in [3.8, 4) is 39.7 Å². The molecule has 9 rings (SSSR count). The van der Waals surface area contributed by atoms with E-state index < -0.39 is 0 Å². The molecular weight excluding hydrogens is 561 g/mol. The van der Waals surface area contributed by atoms with Crippen molar-refractivity contribution in [3.63, 3.8) is 0 Å². The van der Waals surface area contributed by atoms with Gasteiger partial charge in [0.05, 0.1) is 33.6 Å². The van der Waals surface area contributed by atoms with Gasteiger partial charge in [-0.15, -0.1) is 11.3 Å². The number of thiophene rings is 1. The third-order valence-electron chi connectivity index (χ3n) is 8.05. The molecule has 0 unspecified atom stereocenters. The van der Waals surface area contributed by atoms with E-state index in [1.807, 2.05) is 59.9 Å². The molecule has 3 aromatic carbocycles. The summed E-state index contributed by atoms with van der Waals surface area (Å²) in [5.74, 6) is 0.584. The molecule has 7 heteroatoms. The summed E-state index contributed by atoms with van der Waals surface area (Å²) in [5.41, 5.74) is 8.48. The molecule has 6 aromatic heterocycles. The summed E-state index contributed by atoms with van der Waals surface area (Å²) in [5, 5.41) is 3.60. The first-order valence-corrected chi connectivity index (χ1v) is 15.1. The number of rotatable bonds is 4. The number of pyridine rings is 3. The molecule has 206 valence electrons. The van der Waals surface area contributed by atoms with Crippen molar-refractivity contribution in [3.05, 3.63) is 134 Å². The largest absolute Gasteiger partial charge is 0.276 e. The van der Waals surface area contributed by atoms with Crippen molar-refractivity contribution >= 4 is 53.4 Å². The number of benzene rings is 3. The van der Waals surface area contributed by atoms with Gasteiger partial charge >= 0.3 is 0 Å². The molecule has 6 heterocycles. The predicted molar refractivity (Wildman–Crippen MR) is 179 cm³/mol. The highest BCUT2D eigenvalue weighted by Gasteiger charge is 2.21. The first kappa shape index (κ1) is 24.8. The smallest absolute Gasteiger partial charge is 0.235 e. The van der Waals surface area contributed by atoms with Gasteiger partial charge in [-0.2, -0.15) is 0 Å². The topological polar surface area (TPSA) is 69.4 Å². The zero-order chi connectivity index (χ0) is 29.0. The Morgan fingerprint density at radius 1 is 0.500 bits per heavy atom. The first-order chi connectivity index (χ1) is 21.8. The fraction of sp³-hybridized carbons (Fsp3) is 0. The monoisotopic (exact) mass is 582 g/mol. The summed E-state index contributed by atoms with van der Waals surface area (Å²) >= 11 is 1.81. The second-order valence-corrected chi connectivity index (χ2v) is 11.7. The van der Waals surface area contributed by atoms with Crippen LogP contribution in [0.4, 0.5) is 0 Å². The third kappa shape index (κ3) is 3.91. The summed E-state index contributed by atoms with van der Waals surface area (Å²) in [4.78, 5) is 24.1. The van der Waals surface area contributed by atoms with E-state index in [1.165, 1.54) is 20.2 Å². The molecule has 6 nitrogen and oxygen atoms in total. The molecule has 0 spiro atoms. The van der Waals surface area contributed by atoms with Crippen LogP contribution in [0.2, 0.25) is 0 Å². The van der Waals surface area contributed by atoms with Crippen LogP contribution in [0.1, 0.15) is 0 Å². The fourth-order valence-corrected chi connectivity index (χ4v) is 7.25. The van der Waals surface area contributed by atoms with Crippen LogP contribution in [-0.4, -0.2) is 29.5 Å². The normalized spacial score (nSPS) is 11.6. The highest BCUT2D eigenvalue weighted by atomic mass is 32.1. The zero-order valence-corrected chi connectivity index (χ0v) is 24.1. The van der Waals surface area contributed by atoms with E-state index in [0.717, 1.165) is 55.7 Å². The lowest BCUT2D eigenvalue weighted by Crippen LogP contribution is -2.04. The number of nitrogens with zero attached hydrogens (tertiary/aromatic N) is 6. The van der Waals surface area contributed by atoms with Gasteiger partial charge in [0.2, 0.25) is 5.95 Å². The van der Waals surface area contributed by atoms with E-state index in [0.29, 0.717) is 5.95 Å². The van der Waals surface area contributed by atoms with Gasteiger partial charge in [0.25, 0.3) is 0 Å². The molecule has 0 N–H and O–H groups in total. The quantitative estimate of drug-likeness (QED) is 0.207. The molecule has 0 aliphatic carbocycles. The molecule has 0 saturated carbocycles. The van der Waals surface area contributed by atoms with Crippen LogP contribution in [0.25, 0.3) is 81.8 Å². The van der Waals surface area contributed by atoms with Crippen LogP contribution in [0.3, 0.4) is 0 Å². The molecule has 9 aromatic rings. The minimum Gasteiger partial charge on any atom is -0.276 e. The van der Waals surface area contributed by atoms with Crippen molar-refractivity contribution < 1.29 is 0 Å². The van der Waals surface area contributed by atoms with E-state index in [4.69, 9.17) is 15.0 Å². The van der Waals surface area contributed by atoms with Crippen LogP contribution >= 0.6 is 11.3 Å². The SMILES string of the molecule is c1ccc(-c2ccc3c(n2)c2c4sc5ccccc5c4ccc2n3-c2nc(-c3ccncc3)cc(-c3ccncc3)n2)cc1. The lowest BCUT2D eigenvalue weighted by atomic mass is 10.1. The predicted octanol–water partition coefficient (Wildman–Crippen LogP) is 9.13. The molecule has 0 atom stereocenters. The Morgan fingerprint density at radius 3 is 1.86 bits per heavy atom. The van der Waals surface area contributed by atoms with E-state index in [2.05, 4.69) is 75.2 Å². The van der Waals surface area contributed by atoms with Crippen LogP contribution in [0, 0.1) is 0 Å². The maximum Gasteiger partial charge on any atom is 0.235 e. The van der Waals surface area contributed by atoms with Crippen LogP contribution in [0.15, 0.2) is 134 Å². The lowest BCUT2D eigenvalue weighted by molar-refractivity contribution is 0.994. The number of hydrogen-bond acceptors (Lipinski definition) is 6. The highest BCUT2D eigenvalue weighted by molar-refractivity contribution is 7.26. The fourth-order valence-electron chi connectivity index (χ4n) is 6.00. The van der Waals surface area contributed by atoms with Crippen LogP contribution in [0.5, 0.6) is 0 Å². The summed E-state index contributed by atoms with van der Waals surface area (Å²) in [6.07, 6.45) is 7.15. The number of aromatic nitrogens is 6. The van der Waals surface area contributed by atoms with Gasteiger partial charge in [-0.25, -0.2) is 15.0 Å². The van der Waals surface area contributed by atoms with Gasteiger partial charge < -0.3 is 0 Å². The minimum absolute atomic E-state index is 0.584. The van der Waals surface area contributed by atoms with E-state index in [1.54, 1.807) is 24.8 Å². The third-order valence-corrected chi connectivity index (χ3v) is 9.26. The van der Waals surface area contributed by atoms with Gasteiger partial charge in [0.15, 0.2) is 0 Å². The Morgan fingerprint density at radius 2 is 1.14 bits per heavy atom. The lowest BCUT2D eigenvalue weighted by Gasteiger charge is -2.11. The standard InChI is InChI=1S/C37H22N6S/c1-2-6-23(7-3-1)28-11-13-32-35(40-28)34-31(12-10-27-26-8-4-5-9-33(26)44-36(27)34)43(32)37-41-29(24-14-18-38-19-15-24)22-30(42-37)25-16-20-39-21-17-25/h1-22H. The molecule has 0 saturated heterocycles. The van der Waals surface area contributed by atoms with Gasteiger partial charge in [0, 0.05) is 67.0 Å². The molecule has 0 fully saturated rings. The van der Waals surface area contributed by atoms with E-state index >= 15 is 0 Å². The summed E-state index contributed by atoms with van der Waals surface area (Å²) in [7, 11) is 0. The summed E-state index contributed by atoms with van der Waals surface area (Å²) in [6, 6.07) is 37.5. The van der Waals surface area contributed by atoms with Gasteiger partial charge in [0.1, 0.15) is 0 Å². The Balaban J connectivity index is 1.40. The molecule has 0 aliphatic heterocycles.